The molecule has 0 aromatic carbocycles. The van der Waals surface area contributed by atoms with Crippen LogP contribution in [0.25, 0.3) is 0 Å². The van der Waals surface area contributed by atoms with Crippen molar-refractivity contribution in [1.29, 1.82) is 0 Å². The van der Waals surface area contributed by atoms with Crippen LogP contribution in [0, 0.1) is 0 Å². The van der Waals surface area contributed by atoms with Crippen LogP contribution < -0.4 is 21.9 Å². The number of nitrogens with two attached hydrogens (primary N) is 1. The number of carbonyl (C=O) groups excluding carboxylic acids is 2. The SMILES string of the molecule is CC1(CCCNN)NC(=O)NC1=O. The van der Waals surface area contributed by atoms with Gasteiger partial charge >= 0.3 is 6.03 Å². The summed E-state index contributed by atoms with van der Waals surface area (Å²) in [6.45, 7) is 2.32. The smallest absolute Gasteiger partial charge is 0.322 e. The summed E-state index contributed by atoms with van der Waals surface area (Å²) in [5.41, 5.74) is 1.72. The topological polar surface area (TPSA) is 96.2 Å². The lowest BCUT2D eigenvalue weighted by Gasteiger charge is -2.19. The Balaban J connectivity index is 2.46. The second-order valence-corrected chi connectivity index (χ2v) is 3.30. The number of nitrogens with one attached hydrogen (secondary N) is 3. The molecule has 1 unspecified atom stereocenters. The number of hydrogen-bond donors (Lipinski definition) is 4. The van der Waals surface area contributed by atoms with Crippen LogP contribution in [0.5, 0.6) is 0 Å². The first-order valence-corrected chi connectivity index (χ1v) is 4.15. The fraction of sp³-hybridized carbons (Fsp3) is 0.714. The van der Waals surface area contributed by atoms with Crippen LogP contribution in [-0.4, -0.2) is 24.0 Å². The van der Waals surface area contributed by atoms with Gasteiger partial charge in [0.25, 0.3) is 5.91 Å². The normalized spacial score (nSPS) is 27.2. The lowest BCUT2D eigenvalue weighted by atomic mass is 9.96. The molecule has 0 aromatic heterocycles. The maximum atomic E-state index is 11.3. The third kappa shape index (κ3) is 2.16. The fourth-order valence-electron chi connectivity index (χ4n) is 1.30. The van der Waals surface area contributed by atoms with Crippen LogP contribution >= 0.6 is 0 Å². The maximum absolute atomic E-state index is 11.3. The minimum absolute atomic E-state index is 0.269. The molecule has 3 amide bonds. The number of amides is 3. The van der Waals surface area contributed by atoms with Crippen molar-refractivity contribution < 1.29 is 9.59 Å². The van der Waals surface area contributed by atoms with E-state index in [9.17, 15) is 9.59 Å². The summed E-state index contributed by atoms with van der Waals surface area (Å²) in [6, 6.07) is -0.423. The van der Waals surface area contributed by atoms with E-state index in [2.05, 4.69) is 16.1 Å². The van der Waals surface area contributed by atoms with Crippen molar-refractivity contribution in [3.63, 3.8) is 0 Å². The first-order valence-electron chi connectivity index (χ1n) is 4.15. The number of rotatable bonds is 4. The molecule has 6 nitrogen and oxygen atoms in total. The van der Waals surface area contributed by atoms with Crippen molar-refractivity contribution in [2.24, 2.45) is 5.84 Å². The van der Waals surface area contributed by atoms with E-state index in [0.717, 1.165) is 6.42 Å². The summed E-state index contributed by atoms with van der Waals surface area (Å²) in [4.78, 5) is 22.1. The van der Waals surface area contributed by atoms with Crippen molar-refractivity contribution in [2.75, 3.05) is 6.54 Å². The van der Waals surface area contributed by atoms with E-state index in [-0.39, 0.29) is 5.91 Å². The summed E-state index contributed by atoms with van der Waals surface area (Å²) in [6.07, 6.45) is 1.31. The molecule has 0 saturated carbocycles. The van der Waals surface area contributed by atoms with Gasteiger partial charge in [-0.05, 0) is 19.8 Å². The average molecular weight is 186 g/mol. The molecule has 13 heavy (non-hydrogen) atoms. The van der Waals surface area contributed by atoms with Gasteiger partial charge < -0.3 is 5.32 Å². The molecule has 1 rings (SSSR count). The van der Waals surface area contributed by atoms with E-state index < -0.39 is 11.6 Å². The molecule has 1 atom stereocenters. The van der Waals surface area contributed by atoms with Gasteiger partial charge in [0.15, 0.2) is 0 Å². The van der Waals surface area contributed by atoms with Crippen LogP contribution in [0.3, 0.4) is 0 Å². The predicted octanol–water partition coefficient (Wildman–Crippen LogP) is -1.17. The lowest BCUT2D eigenvalue weighted by Crippen LogP contribution is -2.44. The van der Waals surface area contributed by atoms with Crippen molar-refractivity contribution >= 4 is 11.9 Å². The van der Waals surface area contributed by atoms with E-state index in [0.29, 0.717) is 13.0 Å². The number of urea groups is 1. The first kappa shape index (κ1) is 9.94. The molecule has 74 valence electrons. The van der Waals surface area contributed by atoms with E-state index in [4.69, 9.17) is 5.84 Å². The minimum Gasteiger partial charge on any atom is -0.324 e. The lowest BCUT2D eigenvalue weighted by molar-refractivity contribution is -0.123. The molecule has 0 aromatic rings. The van der Waals surface area contributed by atoms with Crippen LogP contribution in [0.15, 0.2) is 0 Å². The zero-order chi connectivity index (χ0) is 9.90. The number of imide groups is 1. The second-order valence-electron chi connectivity index (χ2n) is 3.30. The van der Waals surface area contributed by atoms with Crippen LogP contribution in [0.4, 0.5) is 4.79 Å². The van der Waals surface area contributed by atoms with E-state index >= 15 is 0 Å². The van der Waals surface area contributed by atoms with Crippen LogP contribution in [-0.2, 0) is 4.79 Å². The van der Waals surface area contributed by atoms with E-state index in [1.165, 1.54) is 0 Å². The van der Waals surface area contributed by atoms with Gasteiger partial charge in [0.2, 0.25) is 0 Å². The highest BCUT2D eigenvalue weighted by Gasteiger charge is 2.40. The summed E-state index contributed by atoms with van der Waals surface area (Å²) < 4.78 is 0. The second kappa shape index (κ2) is 3.71. The Morgan fingerprint density at radius 2 is 2.23 bits per heavy atom. The Kier molecular flexibility index (Phi) is 2.84. The Hall–Kier alpha value is -1.14. The molecule has 1 aliphatic heterocycles. The average Bonchev–Trinajstić information content (AvgIpc) is 2.27. The van der Waals surface area contributed by atoms with Crippen LogP contribution in [0.1, 0.15) is 19.8 Å². The van der Waals surface area contributed by atoms with Crippen LogP contribution in [0.2, 0.25) is 0 Å². The summed E-state index contributed by atoms with van der Waals surface area (Å²) >= 11 is 0. The number of carbonyl (C=O) groups is 2. The molecule has 5 N–H and O–H groups in total. The minimum atomic E-state index is -0.770. The zero-order valence-corrected chi connectivity index (χ0v) is 7.52. The van der Waals surface area contributed by atoms with Crippen molar-refractivity contribution in [3.05, 3.63) is 0 Å². The van der Waals surface area contributed by atoms with Crippen molar-refractivity contribution in [2.45, 2.75) is 25.3 Å². The number of hydrogen-bond acceptors (Lipinski definition) is 4. The number of hydrazine groups is 1. The molecule has 0 bridgehead atoms. The molecule has 6 heteroatoms. The highest BCUT2D eigenvalue weighted by molar-refractivity contribution is 6.06. The van der Waals surface area contributed by atoms with Gasteiger partial charge in [-0.15, -0.1) is 0 Å². The quantitative estimate of drug-likeness (QED) is 0.192. The van der Waals surface area contributed by atoms with Crippen molar-refractivity contribution in [1.82, 2.24) is 16.1 Å². The highest BCUT2D eigenvalue weighted by atomic mass is 16.2. The highest BCUT2D eigenvalue weighted by Crippen LogP contribution is 2.15. The van der Waals surface area contributed by atoms with Gasteiger partial charge in [-0.25, -0.2) is 4.79 Å². The molecule has 1 aliphatic rings. The largest absolute Gasteiger partial charge is 0.324 e. The molecule has 1 fully saturated rings. The van der Waals surface area contributed by atoms with Crippen molar-refractivity contribution in [3.8, 4) is 0 Å². The monoisotopic (exact) mass is 186 g/mol. The molecule has 0 radical (unpaired) electrons. The first-order chi connectivity index (χ1) is 6.08. The third-order valence-electron chi connectivity index (χ3n) is 2.12. The van der Waals surface area contributed by atoms with E-state index in [1.807, 2.05) is 0 Å². The zero-order valence-electron chi connectivity index (χ0n) is 7.52. The fourth-order valence-corrected chi connectivity index (χ4v) is 1.30. The molecule has 1 heterocycles. The predicted molar refractivity (Wildman–Crippen MR) is 46.5 cm³/mol. The van der Waals surface area contributed by atoms with Gasteiger partial charge in [-0.3, -0.25) is 21.4 Å². The Labute approximate surface area is 76.2 Å². The molecular formula is C7H14N4O2. The molecular weight excluding hydrogens is 172 g/mol. The standard InChI is InChI=1S/C7H14N4O2/c1-7(3-2-4-9-8)5(12)10-6(13)11-7/h9H,2-4,8H2,1H3,(H2,10,11,12,13). The molecule has 0 aliphatic carbocycles. The molecule has 1 saturated heterocycles. The Morgan fingerprint density at radius 1 is 1.54 bits per heavy atom. The Morgan fingerprint density at radius 3 is 2.69 bits per heavy atom. The Bertz CT molecular complexity index is 231. The molecule has 0 spiro atoms. The maximum Gasteiger partial charge on any atom is 0.322 e. The van der Waals surface area contributed by atoms with Gasteiger partial charge in [0, 0.05) is 6.54 Å². The van der Waals surface area contributed by atoms with Gasteiger partial charge in [0.05, 0.1) is 0 Å². The summed E-state index contributed by atoms with van der Waals surface area (Å²) in [7, 11) is 0. The summed E-state index contributed by atoms with van der Waals surface area (Å²) in [5.74, 6) is 4.81. The van der Waals surface area contributed by atoms with Gasteiger partial charge in [0.1, 0.15) is 5.54 Å². The van der Waals surface area contributed by atoms with Gasteiger partial charge in [-0.1, -0.05) is 0 Å². The summed E-state index contributed by atoms with van der Waals surface area (Å²) in [5, 5.41) is 4.76. The van der Waals surface area contributed by atoms with Gasteiger partial charge in [-0.2, -0.15) is 0 Å². The van der Waals surface area contributed by atoms with E-state index in [1.54, 1.807) is 6.92 Å². The third-order valence-corrected chi connectivity index (χ3v) is 2.12.